The standard InChI is InChI=1S/C16H27NO/c1-15(2)10-13(12-18)11-16(3,4)14(15)17-8-6-5-7-9-17/h14H,5-11H2,1-4H3. The van der Waals surface area contributed by atoms with Crippen molar-refractivity contribution < 1.29 is 4.79 Å². The van der Waals surface area contributed by atoms with Gasteiger partial charge in [0.15, 0.2) is 0 Å². The average Bonchev–Trinajstić information content (AvgIpc) is 2.27. The van der Waals surface area contributed by atoms with E-state index in [0.29, 0.717) is 6.04 Å². The first-order valence-corrected chi connectivity index (χ1v) is 7.34. The van der Waals surface area contributed by atoms with Crippen LogP contribution < -0.4 is 0 Å². The molecule has 2 heteroatoms. The van der Waals surface area contributed by atoms with Crippen LogP contribution in [0.15, 0.2) is 5.57 Å². The molecule has 1 aliphatic carbocycles. The molecule has 2 nitrogen and oxygen atoms in total. The van der Waals surface area contributed by atoms with Crippen LogP contribution >= 0.6 is 0 Å². The maximum Gasteiger partial charge on any atom is 0.123 e. The second kappa shape index (κ2) is 4.83. The molecular formula is C16H27NO. The average molecular weight is 249 g/mol. The van der Waals surface area contributed by atoms with Crippen LogP contribution in [0.25, 0.3) is 0 Å². The van der Waals surface area contributed by atoms with E-state index in [1.54, 1.807) is 0 Å². The number of piperidine rings is 1. The van der Waals surface area contributed by atoms with Crippen LogP contribution in [-0.2, 0) is 4.79 Å². The van der Waals surface area contributed by atoms with E-state index in [0.717, 1.165) is 18.4 Å². The lowest BCUT2D eigenvalue weighted by molar-refractivity contribution is -0.0284. The quantitative estimate of drug-likeness (QED) is 0.663. The highest BCUT2D eigenvalue weighted by Crippen LogP contribution is 2.50. The predicted molar refractivity (Wildman–Crippen MR) is 75.2 cm³/mol. The number of hydrogen-bond acceptors (Lipinski definition) is 2. The van der Waals surface area contributed by atoms with Crippen LogP contribution in [0.5, 0.6) is 0 Å². The van der Waals surface area contributed by atoms with Gasteiger partial charge in [-0.2, -0.15) is 0 Å². The highest BCUT2D eigenvalue weighted by molar-refractivity contribution is 5.53. The second-order valence-corrected chi connectivity index (χ2v) is 7.54. The molecule has 1 heterocycles. The van der Waals surface area contributed by atoms with Gasteiger partial charge in [-0.05, 0) is 49.6 Å². The summed E-state index contributed by atoms with van der Waals surface area (Å²) >= 11 is 0. The molecule has 0 amide bonds. The molecule has 2 rings (SSSR count). The zero-order chi connectivity index (χ0) is 13.4. The summed E-state index contributed by atoms with van der Waals surface area (Å²) in [7, 11) is 0. The fourth-order valence-corrected chi connectivity index (χ4v) is 4.65. The zero-order valence-corrected chi connectivity index (χ0v) is 12.4. The monoisotopic (exact) mass is 249 g/mol. The first-order chi connectivity index (χ1) is 8.37. The minimum Gasteiger partial charge on any atom is -0.299 e. The van der Waals surface area contributed by atoms with E-state index in [1.165, 1.54) is 32.4 Å². The summed E-state index contributed by atoms with van der Waals surface area (Å²) in [6, 6.07) is 0.586. The Balaban J connectivity index is 2.28. The van der Waals surface area contributed by atoms with Gasteiger partial charge in [-0.25, -0.2) is 4.79 Å². The SMILES string of the molecule is CC1(C)CC(=C=O)CC(C)(C)C1N1CCCCC1. The van der Waals surface area contributed by atoms with Crippen LogP contribution in [-0.4, -0.2) is 30.0 Å². The maximum atomic E-state index is 11.0. The van der Waals surface area contributed by atoms with Crippen LogP contribution in [0.4, 0.5) is 0 Å². The van der Waals surface area contributed by atoms with Gasteiger partial charge < -0.3 is 0 Å². The van der Waals surface area contributed by atoms with Gasteiger partial charge in [-0.3, -0.25) is 4.90 Å². The number of nitrogens with zero attached hydrogens (tertiary/aromatic N) is 1. The molecule has 2 fully saturated rings. The van der Waals surface area contributed by atoms with Crippen LogP contribution in [0.1, 0.15) is 59.8 Å². The number of likely N-dealkylation sites (tertiary alicyclic amines) is 1. The minimum atomic E-state index is 0.186. The summed E-state index contributed by atoms with van der Waals surface area (Å²) in [5, 5.41) is 0. The number of hydrogen-bond donors (Lipinski definition) is 0. The van der Waals surface area contributed by atoms with Gasteiger partial charge in [0.2, 0.25) is 0 Å². The Bertz CT molecular complexity index is 337. The van der Waals surface area contributed by atoms with Gasteiger partial charge in [0, 0.05) is 11.6 Å². The smallest absolute Gasteiger partial charge is 0.123 e. The first kappa shape index (κ1) is 13.8. The van der Waals surface area contributed by atoms with Crippen molar-refractivity contribution in [3.63, 3.8) is 0 Å². The van der Waals surface area contributed by atoms with Crippen molar-refractivity contribution in [2.24, 2.45) is 10.8 Å². The lowest BCUT2D eigenvalue weighted by Crippen LogP contribution is -2.57. The molecule has 0 N–H and O–H groups in total. The first-order valence-electron chi connectivity index (χ1n) is 7.34. The maximum absolute atomic E-state index is 11.0. The normalized spacial score (nSPS) is 32.0. The largest absolute Gasteiger partial charge is 0.299 e. The van der Waals surface area contributed by atoms with Gasteiger partial charge in [-0.15, -0.1) is 0 Å². The molecule has 1 saturated carbocycles. The Kier molecular flexibility index (Phi) is 3.71. The summed E-state index contributed by atoms with van der Waals surface area (Å²) < 4.78 is 0. The Morgan fingerprint density at radius 3 is 1.94 bits per heavy atom. The highest BCUT2D eigenvalue weighted by Gasteiger charge is 2.48. The molecule has 102 valence electrons. The molecule has 0 spiro atoms. The fourth-order valence-electron chi connectivity index (χ4n) is 4.65. The highest BCUT2D eigenvalue weighted by atomic mass is 16.1. The lowest BCUT2D eigenvalue weighted by atomic mass is 9.59. The van der Waals surface area contributed by atoms with Gasteiger partial charge in [-0.1, -0.05) is 34.1 Å². The molecule has 0 aromatic carbocycles. The summed E-state index contributed by atoms with van der Waals surface area (Å²) in [6.45, 7) is 11.8. The molecule has 1 saturated heterocycles. The molecule has 1 aliphatic heterocycles. The van der Waals surface area contributed by atoms with Crippen molar-refractivity contribution in [3.05, 3.63) is 5.57 Å². The van der Waals surface area contributed by atoms with E-state index in [9.17, 15) is 4.79 Å². The van der Waals surface area contributed by atoms with E-state index < -0.39 is 0 Å². The van der Waals surface area contributed by atoms with Crippen molar-refractivity contribution >= 4 is 5.94 Å². The van der Waals surface area contributed by atoms with Gasteiger partial charge in [0.1, 0.15) is 5.94 Å². The van der Waals surface area contributed by atoms with Crippen LogP contribution in [0.2, 0.25) is 0 Å². The van der Waals surface area contributed by atoms with E-state index in [-0.39, 0.29) is 10.8 Å². The van der Waals surface area contributed by atoms with Crippen molar-refractivity contribution in [1.82, 2.24) is 4.90 Å². The third-order valence-corrected chi connectivity index (χ3v) is 4.72. The number of carbonyl (C=O) groups excluding carboxylic acids is 1. The topological polar surface area (TPSA) is 20.3 Å². The van der Waals surface area contributed by atoms with Gasteiger partial charge in [0.25, 0.3) is 0 Å². The van der Waals surface area contributed by atoms with Crippen LogP contribution in [0, 0.1) is 10.8 Å². The Hall–Kier alpha value is -0.590. The Labute approximate surface area is 111 Å². The molecule has 18 heavy (non-hydrogen) atoms. The summed E-state index contributed by atoms with van der Waals surface area (Å²) in [4.78, 5) is 13.7. The summed E-state index contributed by atoms with van der Waals surface area (Å²) in [5.41, 5.74) is 1.36. The number of allylic oxidation sites excluding steroid dienone is 1. The minimum absolute atomic E-state index is 0.186. The van der Waals surface area contributed by atoms with E-state index >= 15 is 0 Å². The van der Waals surface area contributed by atoms with Crippen molar-refractivity contribution in [3.8, 4) is 0 Å². The third kappa shape index (κ3) is 2.55. The molecule has 0 radical (unpaired) electrons. The Morgan fingerprint density at radius 2 is 1.50 bits per heavy atom. The summed E-state index contributed by atoms with van der Waals surface area (Å²) in [6.07, 6.45) is 5.88. The van der Waals surface area contributed by atoms with Crippen molar-refractivity contribution in [2.75, 3.05) is 13.1 Å². The van der Waals surface area contributed by atoms with Gasteiger partial charge in [0.05, 0.1) is 0 Å². The lowest BCUT2D eigenvalue weighted by Gasteiger charge is -2.55. The molecule has 0 unspecified atom stereocenters. The molecule has 0 aromatic rings. The second-order valence-electron chi connectivity index (χ2n) is 7.54. The summed E-state index contributed by atoms with van der Waals surface area (Å²) in [5.74, 6) is 2.19. The van der Waals surface area contributed by atoms with Gasteiger partial charge >= 0.3 is 0 Å². The third-order valence-electron chi connectivity index (χ3n) is 4.72. The molecule has 0 atom stereocenters. The van der Waals surface area contributed by atoms with Crippen LogP contribution in [0.3, 0.4) is 0 Å². The predicted octanol–water partition coefficient (Wildman–Crippen LogP) is 3.45. The molecular weight excluding hydrogens is 222 g/mol. The van der Waals surface area contributed by atoms with E-state index in [1.807, 2.05) is 0 Å². The van der Waals surface area contributed by atoms with Crippen molar-refractivity contribution in [1.29, 1.82) is 0 Å². The fraction of sp³-hybridized carbons (Fsp3) is 0.875. The number of rotatable bonds is 1. The van der Waals surface area contributed by atoms with E-state index in [2.05, 4.69) is 38.5 Å². The van der Waals surface area contributed by atoms with Crippen molar-refractivity contribution in [2.45, 2.75) is 65.8 Å². The Morgan fingerprint density at radius 1 is 1.00 bits per heavy atom. The zero-order valence-electron chi connectivity index (χ0n) is 12.4. The molecule has 0 bridgehead atoms. The molecule has 0 aromatic heterocycles. The van der Waals surface area contributed by atoms with E-state index in [4.69, 9.17) is 0 Å². The molecule has 2 aliphatic rings.